The van der Waals surface area contributed by atoms with Gasteiger partial charge in [-0.25, -0.2) is 4.98 Å². The zero-order valence-corrected chi connectivity index (χ0v) is 23.7. The molecule has 1 aromatic heterocycles. The number of ether oxygens (including phenoxy) is 1. The SMILES string of the molecule is COc1cccc(C(O)(C(=O)N2CCC(CC3CN(c4ccc(C(=O)N(C)C)c(C5CC5)n4)C3)CC2)C(F)(F)F)c1. The predicted octanol–water partition coefficient (Wildman–Crippen LogP) is 4.18. The number of amides is 2. The Morgan fingerprint density at radius 1 is 1.05 bits per heavy atom. The van der Waals surface area contributed by atoms with Gasteiger partial charge in [0.25, 0.3) is 17.4 Å². The third-order valence-electron chi connectivity index (χ3n) is 8.57. The number of likely N-dealkylation sites (tertiary alicyclic amines) is 1. The van der Waals surface area contributed by atoms with Crippen LogP contribution in [0, 0.1) is 11.8 Å². The van der Waals surface area contributed by atoms with Gasteiger partial charge in [0.15, 0.2) is 0 Å². The van der Waals surface area contributed by atoms with Crippen LogP contribution in [0.3, 0.4) is 0 Å². The summed E-state index contributed by atoms with van der Waals surface area (Å²) in [5.74, 6) is 0.691. The summed E-state index contributed by atoms with van der Waals surface area (Å²) in [4.78, 5) is 35.5. The molecule has 1 aromatic carbocycles. The van der Waals surface area contributed by atoms with E-state index >= 15 is 0 Å². The van der Waals surface area contributed by atoms with Gasteiger partial charge in [-0.1, -0.05) is 12.1 Å². The van der Waals surface area contributed by atoms with Gasteiger partial charge in [0.1, 0.15) is 11.6 Å². The molecule has 2 saturated heterocycles. The van der Waals surface area contributed by atoms with E-state index in [9.17, 15) is 27.9 Å². The van der Waals surface area contributed by atoms with Gasteiger partial charge in [0.2, 0.25) is 0 Å². The lowest BCUT2D eigenvalue weighted by molar-refractivity contribution is -0.262. The molecule has 0 radical (unpaired) electrons. The number of hydrogen-bond donors (Lipinski definition) is 1. The third kappa shape index (κ3) is 5.73. The molecular formula is C30H37F3N4O4. The number of carbonyl (C=O) groups is 2. The number of anilines is 1. The minimum absolute atomic E-state index is 0.0329. The lowest BCUT2D eigenvalue weighted by Gasteiger charge is -2.44. The fourth-order valence-corrected chi connectivity index (χ4v) is 5.96. The van der Waals surface area contributed by atoms with Crippen LogP contribution in [0.4, 0.5) is 19.0 Å². The van der Waals surface area contributed by atoms with Crippen molar-refractivity contribution >= 4 is 17.6 Å². The van der Waals surface area contributed by atoms with Gasteiger partial charge < -0.3 is 24.5 Å². The molecule has 2 aromatic rings. The van der Waals surface area contributed by atoms with E-state index < -0.39 is 23.2 Å². The molecule has 3 heterocycles. The molecule has 1 unspecified atom stereocenters. The molecule has 222 valence electrons. The first-order valence-corrected chi connectivity index (χ1v) is 14.1. The smallest absolute Gasteiger partial charge is 0.430 e. The summed E-state index contributed by atoms with van der Waals surface area (Å²) in [5, 5.41) is 10.8. The van der Waals surface area contributed by atoms with Crippen molar-refractivity contribution in [2.45, 2.75) is 49.8 Å². The monoisotopic (exact) mass is 574 g/mol. The van der Waals surface area contributed by atoms with Gasteiger partial charge in [-0.2, -0.15) is 13.2 Å². The number of piperidine rings is 1. The molecular weight excluding hydrogens is 537 g/mol. The molecule has 0 bridgehead atoms. The highest BCUT2D eigenvalue weighted by atomic mass is 19.4. The normalized spacial score (nSPS) is 19.9. The number of methoxy groups -OCH3 is 1. The topological polar surface area (TPSA) is 86.2 Å². The zero-order valence-electron chi connectivity index (χ0n) is 23.7. The molecule has 5 rings (SSSR count). The number of alkyl halides is 3. The van der Waals surface area contributed by atoms with Crippen LogP contribution < -0.4 is 9.64 Å². The van der Waals surface area contributed by atoms with Gasteiger partial charge in [0.05, 0.1) is 18.4 Å². The van der Waals surface area contributed by atoms with E-state index in [0.29, 0.717) is 30.2 Å². The Bertz CT molecular complexity index is 1280. The van der Waals surface area contributed by atoms with Crippen molar-refractivity contribution in [2.24, 2.45) is 11.8 Å². The molecule has 2 aliphatic heterocycles. The largest absolute Gasteiger partial charge is 0.497 e. The second-order valence-electron chi connectivity index (χ2n) is 11.8. The zero-order chi connectivity index (χ0) is 29.5. The fourth-order valence-electron chi connectivity index (χ4n) is 5.96. The fraction of sp³-hybridized carbons (Fsp3) is 0.567. The van der Waals surface area contributed by atoms with Crippen LogP contribution in [0.25, 0.3) is 0 Å². The van der Waals surface area contributed by atoms with E-state index in [1.54, 1.807) is 19.0 Å². The summed E-state index contributed by atoms with van der Waals surface area (Å²) < 4.78 is 47.3. The Labute approximate surface area is 238 Å². The summed E-state index contributed by atoms with van der Waals surface area (Å²) in [7, 11) is 4.79. The highest BCUT2D eigenvalue weighted by Gasteiger charge is 2.62. The summed E-state index contributed by atoms with van der Waals surface area (Å²) >= 11 is 0. The maximum Gasteiger partial charge on any atom is 0.430 e. The number of nitrogens with zero attached hydrogens (tertiary/aromatic N) is 4. The molecule has 2 amide bonds. The quantitative estimate of drug-likeness (QED) is 0.509. The highest BCUT2D eigenvalue weighted by Crippen LogP contribution is 2.44. The Morgan fingerprint density at radius 2 is 1.73 bits per heavy atom. The summed E-state index contributed by atoms with van der Waals surface area (Å²) in [5.41, 5.74) is -2.64. The van der Waals surface area contributed by atoms with Crippen LogP contribution in [0.15, 0.2) is 36.4 Å². The number of aromatic nitrogens is 1. The summed E-state index contributed by atoms with van der Waals surface area (Å²) in [6.07, 6.45) is -1.00. The minimum Gasteiger partial charge on any atom is -0.497 e. The van der Waals surface area contributed by atoms with E-state index in [0.717, 1.165) is 60.9 Å². The molecule has 11 heteroatoms. The maximum absolute atomic E-state index is 14.1. The number of halogens is 3. The maximum atomic E-state index is 14.1. The number of carbonyl (C=O) groups excluding carboxylic acids is 2. The Hall–Kier alpha value is -3.34. The van der Waals surface area contributed by atoms with Crippen molar-refractivity contribution in [1.29, 1.82) is 0 Å². The first kappa shape index (κ1) is 29.2. The van der Waals surface area contributed by atoms with Crippen molar-refractivity contribution in [3.63, 3.8) is 0 Å². The van der Waals surface area contributed by atoms with Crippen LogP contribution >= 0.6 is 0 Å². The van der Waals surface area contributed by atoms with E-state index in [1.807, 2.05) is 12.1 Å². The lowest BCUT2D eigenvalue weighted by Crippen LogP contribution is -2.57. The van der Waals surface area contributed by atoms with Gasteiger partial charge in [0, 0.05) is 51.8 Å². The van der Waals surface area contributed by atoms with Crippen molar-refractivity contribution in [3.8, 4) is 5.75 Å². The number of hydrogen-bond acceptors (Lipinski definition) is 6. The van der Waals surface area contributed by atoms with Crippen LogP contribution in [-0.2, 0) is 10.4 Å². The Balaban J connectivity index is 1.16. The molecule has 1 aliphatic carbocycles. The van der Waals surface area contributed by atoms with Crippen LogP contribution in [0.5, 0.6) is 5.75 Å². The first-order valence-electron chi connectivity index (χ1n) is 14.1. The van der Waals surface area contributed by atoms with Crippen molar-refractivity contribution in [3.05, 3.63) is 53.2 Å². The van der Waals surface area contributed by atoms with E-state index in [4.69, 9.17) is 9.72 Å². The van der Waals surface area contributed by atoms with Gasteiger partial charge >= 0.3 is 6.18 Å². The Kier molecular flexibility index (Phi) is 7.93. The van der Waals surface area contributed by atoms with Crippen molar-refractivity contribution in [2.75, 3.05) is 52.3 Å². The average Bonchev–Trinajstić information content (AvgIpc) is 3.78. The van der Waals surface area contributed by atoms with E-state index in [2.05, 4.69) is 4.90 Å². The number of pyridine rings is 1. The van der Waals surface area contributed by atoms with E-state index in [1.165, 1.54) is 19.2 Å². The summed E-state index contributed by atoms with van der Waals surface area (Å²) in [6, 6.07) is 8.72. The first-order chi connectivity index (χ1) is 19.4. The predicted molar refractivity (Wildman–Crippen MR) is 147 cm³/mol. The number of benzene rings is 1. The summed E-state index contributed by atoms with van der Waals surface area (Å²) in [6.45, 7) is 1.99. The number of rotatable bonds is 8. The van der Waals surface area contributed by atoms with Gasteiger partial charge in [-0.15, -0.1) is 0 Å². The molecule has 1 N–H and O–H groups in total. The molecule has 3 fully saturated rings. The standard InChI is InChI=1S/C30H37F3N4O4/c1-35(2)27(38)24-9-10-25(34-26(24)21-7-8-21)37-17-20(18-37)15-19-11-13-36(14-12-19)28(39)29(40,30(31,32)33)22-5-4-6-23(16-22)41-3/h4-6,9-10,16,19-21,40H,7-8,11-15,17-18H2,1-3H3. The van der Waals surface area contributed by atoms with Gasteiger partial charge in [-0.3, -0.25) is 9.59 Å². The second kappa shape index (κ2) is 11.2. The second-order valence-corrected chi connectivity index (χ2v) is 11.8. The van der Waals surface area contributed by atoms with Gasteiger partial charge in [-0.05, 0) is 68.2 Å². The van der Waals surface area contributed by atoms with Crippen LogP contribution in [0.1, 0.15) is 59.6 Å². The number of aliphatic hydroxyl groups is 1. The van der Waals surface area contributed by atoms with Crippen LogP contribution in [-0.4, -0.2) is 85.3 Å². The van der Waals surface area contributed by atoms with E-state index in [-0.39, 0.29) is 30.7 Å². The van der Waals surface area contributed by atoms with Crippen molar-refractivity contribution in [1.82, 2.24) is 14.8 Å². The highest BCUT2D eigenvalue weighted by molar-refractivity contribution is 5.95. The molecule has 3 aliphatic rings. The average molecular weight is 575 g/mol. The van der Waals surface area contributed by atoms with Crippen molar-refractivity contribution < 1.29 is 32.6 Å². The molecule has 8 nitrogen and oxygen atoms in total. The minimum atomic E-state index is -5.19. The Morgan fingerprint density at radius 3 is 2.32 bits per heavy atom. The molecule has 41 heavy (non-hydrogen) atoms. The molecule has 1 atom stereocenters. The third-order valence-corrected chi connectivity index (χ3v) is 8.57. The molecule has 0 spiro atoms. The molecule has 1 saturated carbocycles. The lowest BCUT2D eigenvalue weighted by atomic mass is 9.83. The van der Waals surface area contributed by atoms with Crippen LogP contribution in [0.2, 0.25) is 0 Å².